The second-order valence-electron chi connectivity index (χ2n) is 8.01. The van der Waals surface area contributed by atoms with Crippen molar-refractivity contribution >= 4 is 22.5 Å². The molecule has 160 valence electrons. The third-order valence-corrected chi connectivity index (χ3v) is 5.89. The highest BCUT2D eigenvalue weighted by Gasteiger charge is 2.30. The molecule has 0 unspecified atom stereocenters. The summed E-state index contributed by atoms with van der Waals surface area (Å²) in [5.74, 6) is 0. The zero-order valence-electron chi connectivity index (χ0n) is 18.3. The molecule has 2 aliphatic rings. The lowest BCUT2D eigenvalue weighted by Crippen LogP contribution is -1.95. The van der Waals surface area contributed by atoms with Crippen LogP contribution in [0.15, 0.2) is 153 Å². The van der Waals surface area contributed by atoms with Crippen molar-refractivity contribution in [2.24, 2.45) is 20.5 Å². The van der Waals surface area contributed by atoms with Gasteiger partial charge in [-0.15, -0.1) is 20.5 Å². The quantitative estimate of drug-likeness (QED) is 0.309. The van der Waals surface area contributed by atoms with Crippen LogP contribution in [0.2, 0.25) is 0 Å². The van der Waals surface area contributed by atoms with Crippen LogP contribution in [-0.4, -0.2) is 0 Å². The van der Waals surface area contributed by atoms with Crippen LogP contribution in [0, 0.1) is 0 Å². The van der Waals surface area contributed by atoms with E-state index in [9.17, 15) is 0 Å². The number of rotatable bonds is 4. The van der Waals surface area contributed by atoms with Crippen molar-refractivity contribution in [1.82, 2.24) is 0 Å². The third kappa shape index (κ3) is 3.51. The minimum Gasteiger partial charge on any atom is -0.149 e. The van der Waals surface area contributed by atoms with E-state index in [4.69, 9.17) is 0 Å². The molecule has 6 rings (SSSR count). The van der Waals surface area contributed by atoms with Gasteiger partial charge in [0.15, 0.2) is 0 Å². The average molecular weight is 437 g/mol. The Bertz CT molecular complexity index is 1380. The largest absolute Gasteiger partial charge is 0.149 e. The molecule has 0 amide bonds. The van der Waals surface area contributed by atoms with E-state index >= 15 is 0 Å². The summed E-state index contributed by atoms with van der Waals surface area (Å²) in [6.07, 6.45) is 0. The summed E-state index contributed by atoms with van der Waals surface area (Å²) < 4.78 is 0. The van der Waals surface area contributed by atoms with E-state index in [1.807, 2.05) is 72.8 Å². The fourth-order valence-corrected chi connectivity index (χ4v) is 4.31. The Kier molecular flexibility index (Phi) is 5.09. The fraction of sp³-hybridized carbons (Fsp3) is 0. The highest BCUT2D eigenvalue weighted by atomic mass is 15.2. The van der Waals surface area contributed by atoms with Crippen LogP contribution >= 0.6 is 0 Å². The standard InChI is InChI=1S/C30H20N4/c1-5-13-21(14-6-1)25-27(23-17-9-3-10-18-23)31-33-29(25)30-26(22-15-7-2-8-16-22)28(32-34-30)24-19-11-4-12-20-24/h1-20H. The first-order chi connectivity index (χ1) is 16.9. The lowest BCUT2D eigenvalue weighted by Gasteiger charge is -2.11. The van der Waals surface area contributed by atoms with E-state index in [2.05, 4.69) is 69.0 Å². The third-order valence-electron chi connectivity index (χ3n) is 5.89. The summed E-state index contributed by atoms with van der Waals surface area (Å²) in [5, 5.41) is 18.6. The topological polar surface area (TPSA) is 49.4 Å². The van der Waals surface area contributed by atoms with Gasteiger partial charge in [-0.2, -0.15) is 0 Å². The molecule has 0 N–H and O–H groups in total. The smallest absolute Gasteiger partial charge is 0.124 e. The maximum absolute atomic E-state index is 4.68. The zero-order chi connectivity index (χ0) is 22.7. The van der Waals surface area contributed by atoms with Gasteiger partial charge in [-0.3, -0.25) is 0 Å². The molecule has 0 radical (unpaired) electrons. The summed E-state index contributed by atoms with van der Waals surface area (Å²) >= 11 is 0. The first kappa shape index (κ1) is 19.9. The van der Waals surface area contributed by atoms with Crippen molar-refractivity contribution < 1.29 is 0 Å². The Hall–Kier alpha value is -4.70. The molecule has 4 aromatic rings. The van der Waals surface area contributed by atoms with Crippen LogP contribution in [0.1, 0.15) is 22.3 Å². The number of azo groups is 2. The maximum atomic E-state index is 4.68. The maximum Gasteiger partial charge on any atom is 0.124 e. The lowest BCUT2D eigenvalue weighted by atomic mass is 9.92. The monoisotopic (exact) mass is 436 g/mol. The molecule has 0 aliphatic carbocycles. The predicted molar refractivity (Wildman–Crippen MR) is 136 cm³/mol. The molecule has 0 saturated carbocycles. The molecular formula is C30H20N4. The van der Waals surface area contributed by atoms with Gasteiger partial charge in [-0.25, -0.2) is 0 Å². The fourth-order valence-electron chi connectivity index (χ4n) is 4.31. The Balaban J connectivity index is 1.63. The predicted octanol–water partition coefficient (Wildman–Crippen LogP) is 8.27. The van der Waals surface area contributed by atoms with Gasteiger partial charge >= 0.3 is 0 Å². The summed E-state index contributed by atoms with van der Waals surface area (Å²) in [6.45, 7) is 0. The normalized spacial score (nSPS) is 17.2. The highest BCUT2D eigenvalue weighted by molar-refractivity contribution is 6.06. The number of hydrogen-bond acceptors (Lipinski definition) is 4. The van der Waals surface area contributed by atoms with Gasteiger partial charge in [-0.1, -0.05) is 121 Å². The van der Waals surface area contributed by atoms with Crippen LogP contribution in [0.5, 0.6) is 0 Å². The highest BCUT2D eigenvalue weighted by Crippen LogP contribution is 2.47. The molecule has 0 aromatic heterocycles. The summed E-state index contributed by atoms with van der Waals surface area (Å²) in [4.78, 5) is 0. The molecule has 2 aliphatic heterocycles. The molecule has 4 aromatic carbocycles. The van der Waals surface area contributed by atoms with E-state index in [1.165, 1.54) is 0 Å². The Morgan fingerprint density at radius 3 is 0.853 bits per heavy atom. The van der Waals surface area contributed by atoms with Crippen LogP contribution in [0.3, 0.4) is 0 Å². The summed E-state index contributed by atoms with van der Waals surface area (Å²) in [7, 11) is 0. The van der Waals surface area contributed by atoms with E-state index in [0.29, 0.717) is 0 Å². The molecule has 4 nitrogen and oxygen atoms in total. The molecular weight excluding hydrogens is 416 g/mol. The first-order valence-electron chi connectivity index (χ1n) is 11.2. The van der Waals surface area contributed by atoms with Gasteiger partial charge in [0, 0.05) is 22.3 Å². The molecule has 0 fully saturated rings. The molecule has 34 heavy (non-hydrogen) atoms. The second kappa shape index (κ2) is 8.68. The van der Waals surface area contributed by atoms with E-state index in [-0.39, 0.29) is 0 Å². The van der Waals surface area contributed by atoms with Gasteiger partial charge < -0.3 is 0 Å². The van der Waals surface area contributed by atoms with Crippen molar-refractivity contribution in [3.63, 3.8) is 0 Å². The van der Waals surface area contributed by atoms with Crippen LogP contribution in [-0.2, 0) is 0 Å². The minimum absolute atomic E-state index is 0.735. The van der Waals surface area contributed by atoms with Crippen molar-refractivity contribution in [3.05, 3.63) is 155 Å². The number of nitrogens with zero attached hydrogens (tertiary/aromatic N) is 4. The molecule has 0 bridgehead atoms. The SMILES string of the molecule is c1ccc(C2=C(c3ccccc3)C(=C3N=NC(c4ccccc4)=C3c3ccccc3)N=N2)cc1. The van der Waals surface area contributed by atoms with Crippen LogP contribution in [0.4, 0.5) is 0 Å². The van der Waals surface area contributed by atoms with Gasteiger partial charge in [0.2, 0.25) is 0 Å². The molecule has 0 saturated heterocycles. The molecule has 2 heterocycles. The van der Waals surface area contributed by atoms with Gasteiger partial charge in [0.05, 0.1) is 0 Å². The van der Waals surface area contributed by atoms with Crippen molar-refractivity contribution in [2.45, 2.75) is 0 Å². The Morgan fingerprint density at radius 1 is 0.265 bits per heavy atom. The van der Waals surface area contributed by atoms with Gasteiger partial charge in [0.25, 0.3) is 0 Å². The molecule has 0 atom stereocenters. The van der Waals surface area contributed by atoms with Gasteiger partial charge in [0.1, 0.15) is 22.8 Å². The van der Waals surface area contributed by atoms with Crippen LogP contribution in [0.25, 0.3) is 22.5 Å². The van der Waals surface area contributed by atoms with Crippen LogP contribution < -0.4 is 0 Å². The first-order valence-corrected chi connectivity index (χ1v) is 11.2. The zero-order valence-corrected chi connectivity index (χ0v) is 18.3. The summed E-state index contributed by atoms with van der Waals surface area (Å²) in [5.41, 5.74) is 9.20. The van der Waals surface area contributed by atoms with E-state index < -0.39 is 0 Å². The lowest BCUT2D eigenvalue weighted by molar-refractivity contribution is 1.16. The number of benzene rings is 4. The average Bonchev–Trinajstić information content (AvgIpc) is 3.55. The van der Waals surface area contributed by atoms with E-state index in [0.717, 1.165) is 56.2 Å². The van der Waals surface area contributed by atoms with Gasteiger partial charge in [-0.05, 0) is 11.1 Å². The van der Waals surface area contributed by atoms with Crippen molar-refractivity contribution in [2.75, 3.05) is 0 Å². The summed E-state index contributed by atoms with van der Waals surface area (Å²) in [6, 6.07) is 40.8. The van der Waals surface area contributed by atoms with Crippen molar-refractivity contribution in [3.8, 4) is 0 Å². The number of hydrogen-bond donors (Lipinski definition) is 0. The molecule has 0 spiro atoms. The Morgan fingerprint density at radius 2 is 0.529 bits per heavy atom. The molecule has 4 heteroatoms. The Labute approximate surface area is 198 Å². The van der Waals surface area contributed by atoms with Crippen molar-refractivity contribution in [1.29, 1.82) is 0 Å². The number of allylic oxidation sites excluding steroid dienone is 2. The second-order valence-corrected chi connectivity index (χ2v) is 8.01. The minimum atomic E-state index is 0.735. The van der Waals surface area contributed by atoms with E-state index in [1.54, 1.807) is 0 Å².